The molecule has 0 radical (unpaired) electrons. The van der Waals surface area contributed by atoms with E-state index in [2.05, 4.69) is 35.5 Å². The Morgan fingerprint density at radius 2 is 2.11 bits per heavy atom. The Balaban J connectivity index is 1.63. The lowest BCUT2D eigenvalue weighted by Crippen LogP contribution is -2.31. The van der Waals surface area contributed by atoms with Crippen molar-refractivity contribution >= 4 is 17.7 Å². The summed E-state index contributed by atoms with van der Waals surface area (Å²) < 4.78 is 8.00. The third-order valence-corrected chi connectivity index (χ3v) is 6.38. The summed E-state index contributed by atoms with van der Waals surface area (Å²) in [4.78, 5) is 19.2. The molecule has 27 heavy (non-hydrogen) atoms. The second kappa shape index (κ2) is 8.93. The zero-order valence-corrected chi connectivity index (χ0v) is 17.5. The van der Waals surface area contributed by atoms with Crippen molar-refractivity contribution in [3.05, 3.63) is 47.3 Å². The number of nitrogens with zero attached hydrogens (tertiary/aromatic N) is 3. The summed E-state index contributed by atoms with van der Waals surface area (Å²) in [6, 6.07) is 10.2. The highest BCUT2D eigenvalue weighted by atomic mass is 32.2. The van der Waals surface area contributed by atoms with E-state index >= 15 is 0 Å². The molecular weight excluding hydrogens is 358 g/mol. The van der Waals surface area contributed by atoms with Gasteiger partial charge >= 0.3 is 0 Å². The Labute approximate surface area is 166 Å². The van der Waals surface area contributed by atoms with Crippen LogP contribution in [0.4, 0.5) is 0 Å². The van der Waals surface area contributed by atoms with E-state index in [0.29, 0.717) is 5.75 Å². The molecule has 3 rings (SSSR count). The number of ether oxygens (including phenoxy) is 1. The van der Waals surface area contributed by atoms with Crippen molar-refractivity contribution < 1.29 is 9.53 Å². The van der Waals surface area contributed by atoms with Crippen LogP contribution in [0.5, 0.6) is 0 Å². The number of benzene rings is 1. The molecule has 1 aliphatic heterocycles. The Morgan fingerprint density at radius 1 is 1.37 bits per heavy atom. The second-order valence-electron chi connectivity index (χ2n) is 7.19. The molecule has 1 saturated heterocycles. The summed E-state index contributed by atoms with van der Waals surface area (Å²) in [5, 5.41) is 0.912. The molecule has 0 bridgehead atoms. The Morgan fingerprint density at radius 3 is 2.78 bits per heavy atom. The summed E-state index contributed by atoms with van der Waals surface area (Å²) in [5.41, 5.74) is 3.32. The first-order valence-electron chi connectivity index (χ1n) is 9.56. The molecule has 2 atom stereocenters. The van der Waals surface area contributed by atoms with Crippen molar-refractivity contribution in [1.82, 2.24) is 14.5 Å². The van der Waals surface area contributed by atoms with E-state index in [-0.39, 0.29) is 18.1 Å². The van der Waals surface area contributed by atoms with Crippen molar-refractivity contribution in [2.75, 3.05) is 19.4 Å². The van der Waals surface area contributed by atoms with Crippen LogP contribution in [0.2, 0.25) is 0 Å². The van der Waals surface area contributed by atoms with Gasteiger partial charge in [-0.2, -0.15) is 0 Å². The van der Waals surface area contributed by atoms with Crippen LogP contribution in [-0.4, -0.2) is 45.9 Å². The lowest BCUT2D eigenvalue weighted by molar-refractivity contribution is -0.128. The molecule has 1 amide bonds. The topological polar surface area (TPSA) is 47.4 Å². The van der Waals surface area contributed by atoms with Gasteiger partial charge in [-0.05, 0) is 39.2 Å². The van der Waals surface area contributed by atoms with Gasteiger partial charge in [-0.1, -0.05) is 42.1 Å². The molecule has 0 unspecified atom stereocenters. The highest BCUT2D eigenvalue weighted by molar-refractivity contribution is 7.99. The maximum Gasteiger partial charge on any atom is 0.233 e. The van der Waals surface area contributed by atoms with E-state index in [1.807, 2.05) is 37.1 Å². The summed E-state index contributed by atoms with van der Waals surface area (Å²) >= 11 is 1.52. The number of aryl methyl sites for hydroxylation is 1. The second-order valence-corrected chi connectivity index (χ2v) is 8.13. The highest BCUT2D eigenvalue weighted by Gasteiger charge is 2.22. The van der Waals surface area contributed by atoms with Crippen LogP contribution in [0, 0.1) is 13.8 Å². The summed E-state index contributed by atoms with van der Waals surface area (Å²) in [5.74, 6) is 0.494. The van der Waals surface area contributed by atoms with Crippen LogP contribution in [0.3, 0.4) is 0 Å². The molecule has 1 aromatic carbocycles. The van der Waals surface area contributed by atoms with E-state index in [9.17, 15) is 4.79 Å². The summed E-state index contributed by atoms with van der Waals surface area (Å²) in [7, 11) is 1.87. The van der Waals surface area contributed by atoms with E-state index in [4.69, 9.17) is 4.74 Å². The molecule has 1 fully saturated rings. The minimum absolute atomic E-state index is 0.0504. The van der Waals surface area contributed by atoms with Crippen molar-refractivity contribution in [1.29, 1.82) is 0 Å². The number of hydrogen-bond acceptors (Lipinski definition) is 4. The normalized spacial score (nSPS) is 17.9. The molecule has 2 heterocycles. The zero-order chi connectivity index (χ0) is 19.4. The minimum atomic E-state index is 0.0504. The number of rotatable bonds is 7. The molecule has 0 N–H and O–H groups in total. The van der Waals surface area contributed by atoms with Crippen LogP contribution in [0.25, 0.3) is 0 Å². The minimum Gasteiger partial charge on any atom is -0.376 e. The predicted octanol–water partition coefficient (Wildman–Crippen LogP) is 3.99. The third-order valence-electron chi connectivity index (χ3n) is 5.41. The van der Waals surface area contributed by atoms with Gasteiger partial charge in [0.15, 0.2) is 5.16 Å². The molecule has 2 aromatic rings. The van der Waals surface area contributed by atoms with Crippen LogP contribution in [-0.2, 0) is 16.1 Å². The monoisotopic (exact) mass is 387 g/mol. The maximum atomic E-state index is 12.7. The van der Waals surface area contributed by atoms with Gasteiger partial charge in [-0.15, -0.1) is 0 Å². The van der Waals surface area contributed by atoms with Crippen molar-refractivity contribution in [2.24, 2.45) is 0 Å². The average Bonchev–Trinajstić information content (AvgIpc) is 3.29. The largest absolute Gasteiger partial charge is 0.376 e. The maximum absolute atomic E-state index is 12.7. The van der Waals surface area contributed by atoms with Crippen LogP contribution >= 0.6 is 11.8 Å². The van der Waals surface area contributed by atoms with Gasteiger partial charge < -0.3 is 14.2 Å². The Bertz CT molecular complexity index is 769. The first kappa shape index (κ1) is 20.0. The van der Waals surface area contributed by atoms with Crippen molar-refractivity contribution in [2.45, 2.75) is 57.5 Å². The standard InChI is InChI=1S/C21H29N3O2S/c1-15-16(2)24(13-19-11-8-12-26-19)21(22-15)27-14-20(25)23(4)17(3)18-9-6-5-7-10-18/h5-7,9-10,17,19H,8,11-14H2,1-4H3/t17-,19+/m0/s1. The van der Waals surface area contributed by atoms with Crippen LogP contribution in [0.1, 0.15) is 42.8 Å². The van der Waals surface area contributed by atoms with Crippen molar-refractivity contribution in [3.63, 3.8) is 0 Å². The van der Waals surface area contributed by atoms with Crippen LogP contribution < -0.4 is 0 Å². The zero-order valence-electron chi connectivity index (χ0n) is 16.6. The van der Waals surface area contributed by atoms with Crippen LogP contribution in [0.15, 0.2) is 35.5 Å². The van der Waals surface area contributed by atoms with Crippen molar-refractivity contribution in [3.8, 4) is 0 Å². The number of carbonyl (C=O) groups excluding carboxylic acids is 1. The molecule has 1 aromatic heterocycles. The quantitative estimate of drug-likeness (QED) is 0.674. The smallest absolute Gasteiger partial charge is 0.233 e. The van der Waals surface area contributed by atoms with Gasteiger partial charge in [-0.25, -0.2) is 4.98 Å². The number of imidazole rings is 1. The fourth-order valence-electron chi connectivity index (χ4n) is 3.34. The number of amides is 1. The van der Waals surface area contributed by atoms with Gasteiger partial charge in [0.05, 0.1) is 30.1 Å². The van der Waals surface area contributed by atoms with Gasteiger partial charge in [0.2, 0.25) is 5.91 Å². The molecule has 6 heteroatoms. The molecular formula is C21H29N3O2S. The molecule has 1 aliphatic rings. The highest BCUT2D eigenvalue weighted by Crippen LogP contribution is 2.26. The summed E-state index contributed by atoms with van der Waals surface area (Å²) in [6.07, 6.45) is 2.48. The van der Waals surface area contributed by atoms with Gasteiger partial charge in [0, 0.05) is 19.3 Å². The fourth-order valence-corrected chi connectivity index (χ4v) is 4.36. The first-order chi connectivity index (χ1) is 13.0. The molecule has 0 spiro atoms. The lowest BCUT2D eigenvalue weighted by Gasteiger charge is -2.25. The molecule has 5 nitrogen and oxygen atoms in total. The third kappa shape index (κ3) is 4.74. The van der Waals surface area contributed by atoms with E-state index in [0.717, 1.165) is 48.1 Å². The number of hydrogen-bond donors (Lipinski definition) is 0. The number of thioether (sulfide) groups is 1. The Hall–Kier alpha value is -1.79. The molecule has 0 saturated carbocycles. The van der Waals surface area contributed by atoms with E-state index in [1.54, 1.807) is 0 Å². The molecule has 0 aliphatic carbocycles. The first-order valence-corrected chi connectivity index (χ1v) is 10.5. The fraction of sp³-hybridized carbons (Fsp3) is 0.524. The van der Waals surface area contributed by atoms with Gasteiger partial charge in [-0.3, -0.25) is 4.79 Å². The van der Waals surface area contributed by atoms with E-state index in [1.165, 1.54) is 11.8 Å². The van der Waals surface area contributed by atoms with E-state index < -0.39 is 0 Å². The van der Waals surface area contributed by atoms with Gasteiger partial charge in [0.25, 0.3) is 0 Å². The number of aromatic nitrogens is 2. The SMILES string of the molecule is Cc1nc(SCC(=O)N(C)[C@@H](C)c2ccccc2)n(C[C@H]2CCCO2)c1C. The van der Waals surface area contributed by atoms with Gasteiger partial charge in [0.1, 0.15) is 0 Å². The average molecular weight is 388 g/mol. The molecule has 146 valence electrons. The number of carbonyl (C=O) groups is 1. The predicted molar refractivity (Wildman–Crippen MR) is 109 cm³/mol. The lowest BCUT2D eigenvalue weighted by atomic mass is 10.1. The summed E-state index contributed by atoms with van der Waals surface area (Å²) in [6.45, 7) is 7.84. The Kier molecular flexibility index (Phi) is 6.60.